The lowest BCUT2D eigenvalue weighted by atomic mass is 9.86. The molecule has 0 radical (unpaired) electrons. The third-order valence-corrected chi connectivity index (χ3v) is 5.78. The van der Waals surface area contributed by atoms with Crippen molar-refractivity contribution in [3.8, 4) is 11.1 Å². The van der Waals surface area contributed by atoms with E-state index in [9.17, 15) is 4.79 Å². The molecule has 0 spiro atoms. The Hall–Kier alpha value is -2.67. The number of carbonyl (C=O) groups is 1. The van der Waals surface area contributed by atoms with Gasteiger partial charge in [-0.25, -0.2) is 4.39 Å². The summed E-state index contributed by atoms with van der Waals surface area (Å²) in [6.07, 6.45) is 7.68. The van der Waals surface area contributed by atoms with E-state index >= 15 is 4.39 Å². The van der Waals surface area contributed by atoms with Gasteiger partial charge >= 0.3 is 0 Å². The summed E-state index contributed by atoms with van der Waals surface area (Å²) in [6.45, 7) is 6.52. The van der Waals surface area contributed by atoms with Gasteiger partial charge in [-0.05, 0) is 18.1 Å². The Morgan fingerprint density at radius 3 is 2.57 bits per heavy atom. The minimum absolute atomic E-state index is 0.00768. The van der Waals surface area contributed by atoms with Crippen LogP contribution in [0.3, 0.4) is 0 Å². The molecule has 0 amide bonds. The van der Waals surface area contributed by atoms with Crippen molar-refractivity contribution < 1.29 is 9.18 Å². The zero-order valence-electron chi connectivity index (χ0n) is 17.8. The molecule has 1 saturated heterocycles. The minimum atomic E-state index is -1.75. The maximum absolute atomic E-state index is 15.3. The van der Waals surface area contributed by atoms with Gasteiger partial charge in [-0.2, -0.15) is 5.10 Å². The van der Waals surface area contributed by atoms with Crippen molar-refractivity contribution in [2.45, 2.75) is 38.8 Å². The molecule has 1 aliphatic heterocycles. The van der Waals surface area contributed by atoms with Crippen LogP contribution in [0.5, 0.6) is 0 Å². The number of likely N-dealkylation sites (tertiary alicyclic amines) is 1. The first-order valence-corrected chi connectivity index (χ1v) is 10.5. The van der Waals surface area contributed by atoms with Gasteiger partial charge in [0.2, 0.25) is 0 Å². The van der Waals surface area contributed by atoms with Crippen molar-refractivity contribution in [2.75, 3.05) is 19.6 Å². The monoisotopic (exact) mass is 409 g/mol. The largest absolute Gasteiger partial charge is 0.303 e. The summed E-state index contributed by atoms with van der Waals surface area (Å²) in [7, 11) is 1.87. The van der Waals surface area contributed by atoms with E-state index in [0.717, 1.165) is 28.6 Å². The molecule has 158 valence electrons. The Balaban J connectivity index is 1.48. The maximum Gasteiger partial charge on any atom is 0.175 e. The second-order valence-electron chi connectivity index (χ2n) is 8.75. The molecule has 0 atom stereocenters. The Morgan fingerprint density at radius 1 is 1.13 bits per heavy atom. The van der Waals surface area contributed by atoms with Gasteiger partial charge in [-0.15, -0.1) is 0 Å². The predicted octanol–water partition coefficient (Wildman–Crippen LogP) is 3.60. The topological polar surface area (TPSA) is 63.9 Å². The third kappa shape index (κ3) is 4.41. The number of pyridine rings is 2. The quantitative estimate of drug-likeness (QED) is 0.622. The van der Waals surface area contributed by atoms with Crippen molar-refractivity contribution >= 4 is 16.7 Å². The lowest BCUT2D eigenvalue weighted by molar-refractivity contribution is -0.133. The lowest BCUT2D eigenvalue weighted by Gasteiger charge is -2.36. The van der Waals surface area contributed by atoms with Gasteiger partial charge in [0.25, 0.3) is 0 Å². The van der Waals surface area contributed by atoms with E-state index in [1.165, 1.54) is 0 Å². The molecule has 0 saturated carbocycles. The van der Waals surface area contributed by atoms with E-state index in [0.29, 0.717) is 24.7 Å². The summed E-state index contributed by atoms with van der Waals surface area (Å²) < 4.78 is 17.1. The van der Waals surface area contributed by atoms with Crippen LogP contribution in [0, 0.1) is 5.92 Å². The second-order valence-corrected chi connectivity index (χ2v) is 8.75. The van der Waals surface area contributed by atoms with Crippen LogP contribution >= 0.6 is 0 Å². The zero-order chi connectivity index (χ0) is 21.3. The number of nitrogens with zero attached hydrogens (tertiary/aromatic N) is 5. The summed E-state index contributed by atoms with van der Waals surface area (Å²) in [6, 6.07) is 3.85. The van der Waals surface area contributed by atoms with Crippen molar-refractivity contribution in [3.63, 3.8) is 0 Å². The van der Waals surface area contributed by atoms with Crippen molar-refractivity contribution in [1.82, 2.24) is 24.6 Å². The average molecular weight is 410 g/mol. The molecular weight excluding hydrogens is 381 g/mol. The highest BCUT2D eigenvalue weighted by Gasteiger charge is 2.41. The van der Waals surface area contributed by atoms with Gasteiger partial charge in [-0.1, -0.05) is 13.8 Å². The number of fused-ring (bicyclic) bond motifs is 1. The molecule has 0 aromatic carbocycles. The summed E-state index contributed by atoms with van der Waals surface area (Å²) in [5.41, 5.74) is 1.49. The molecule has 4 heterocycles. The molecule has 7 heteroatoms. The van der Waals surface area contributed by atoms with E-state index in [1.807, 2.05) is 25.4 Å². The molecule has 0 aliphatic carbocycles. The van der Waals surface area contributed by atoms with Crippen LogP contribution < -0.4 is 0 Å². The van der Waals surface area contributed by atoms with Crippen LogP contribution in [-0.2, 0) is 18.3 Å². The molecule has 0 N–H and O–H groups in total. The van der Waals surface area contributed by atoms with Crippen LogP contribution in [0.2, 0.25) is 0 Å². The standard InChI is InChI=1S/C23H28FN5O/c1-16(2)14-29-6-4-23(24,5-7-29)22(30)10-20-9-17-8-18(11-26-21(17)13-25-20)19-12-27-28(3)15-19/h8-9,11-13,15-16H,4-7,10,14H2,1-3H3. The molecule has 1 aliphatic rings. The fourth-order valence-electron chi connectivity index (χ4n) is 4.11. The highest BCUT2D eigenvalue weighted by Crippen LogP contribution is 2.30. The highest BCUT2D eigenvalue weighted by molar-refractivity contribution is 5.90. The molecule has 1 fully saturated rings. The first-order chi connectivity index (χ1) is 14.3. The zero-order valence-corrected chi connectivity index (χ0v) is 17.8. The molecular formula is C23H28FN5O. The van der Waals surface area contributed by atoms with Gasteiger partial charge in [0.05, 0.1) is 24.3 Å². The fraction of sp³-hybridized carbons (Fsp3) is 0.478. The molecule has 4 rings (SSSR count). The van der Waals surface area contributed by atoms with Crippen LogP contribution in [0.1, 0.15) is 32.4 Å². The van der Waals surface area contributed by atoms with Crippen molar-refractivity contribution in [3.05, 3.63) is 42.6 Å². The first-order valence-electron chi connectivity index (χ1n) is 10.5. The number of halogens is 1. The van der Waals surface area contributed by atoms with Crippen molar-refractivity contribution in [2.24, 2.45) is 13.0 Å². The number of hydrogen-bond acceptors (Lipinski definition) is 5. The first kappa shape index (κ1) is 20.6. The summed E-state index contributed by atoms with van der Waals surface area (Å²) in [4.78, 5) is 23.8. The minimum Gasteiger partial charge on any atom is -0.303 e. The van der Waals surface area contributed by atoms with Crippen molar-refractivity contribution in [1.29, 1.82) is 0 Å². The number of piperidine rings is 1. The summed E-state index contributed by atoms with van der Waals surface area (Å²) in [5.74, 6) is 0.176. The lowest BCUT2D eigenvalue weighted by Crippen LogP contribution is -2.47. The van der Waals surface area contributed by atoms with Crippen LogP contribution in [0.15, 0.2) is 36.9 Å². The van der Waals surface area contributed by atoms with Gasteiger partial charge < -0.3 is 4.90 Å². The van der Waals surface area contributed by atoms with Crippen LogP contribution in [-0.4, -0.2) is 55.7 Å². The highest BCUT2D eigenvalue weighted by atomic mass is 19.1. The molecule has 3 aromatic rings. The van der Waals surface area contributed by atoms with E-state index < -0.39 is 5.67 Å². The van der Waals surface area contributed by atoms with Crippen LogP contribution in [0.4, 0.5) is 4.39 Å². The maximum atomic E-state index is 15.3. The summed E-state index contributed by atoms with van der Waals surface area (Å²) >= 11 is 0. The SMILES string of the molecule is CC(C)CN1CCC(F)(C(=O)Cc2cc3cc(-c4cnn(C)c4)cnc3cn2)CC1. The number of alkyl halides is 1. The Bertz CT molecular complexity index is 1050. The molecule has 3 aromatic heterocycles. The second kappa shape index (κ2) is 8.22. The smallest absolute Gasteiger partial charge is 0.175 e. The summed E-state index contributed by atoms with van der Waals surface area (Å²) in [5, 5.41) is 5.08. The van der Waals surface area contributed by atoms with E-state index in [-0.39, 0.29) is 25.0 Å². The normalized spacial score (nSPS) is 17.0. The number of hydrogen-bond donors (Lipinski definition) is 0. The Labute approximate surface area is 176 Å². The number of rotatable bonds is 6. The third-order valence-electron chi connectivity index (χ3n) is 5.78. The van der Waals surface area contributed by atoms with Gasteiger partial charge in [0.1, 0.15) is 0 Å². The number of aromatic nitrogens is 4. The molecule has 30 heavy (non-hydrogen) atoms. The number of ketones is 1. The predicted molar refractivity (Wildman–Crippen MR) is 115 cm³/mol. The van der Waals surface area contributed by atoms with Gasteiger partial charge in [0.15, 0.2) is 11.5 Å². The average Bonchev–Trinajstić information content (AvgIpc) is 3.15. The molecule has 0 unspecified atom stereocenters. The Morgan fingerprint density at radius 2 is 1.90 bits per heavy atom. The fourth-order valence-corrected chi connectivity index (χ4v) is 4.11. The number of aryl methyl sites for hydroxylation is 1. The van der Waals surface area contributed by atoms with Gasteiger partial charge in [-0.3, -0.25) is 19.4 Å². The van der Waals surface area contributed by atoms with Crippen LogP contribution in [0.25, 0.3) is 22.0 Å². The number of carbonyl (C=O) groups excluding carboxylic acids is 1. The van der Waals surface area contributed by atoms with E-state index in [4.69, 9.17) is 0 Å². The van der Waals surface area contributed by atoms with E-state index in [2.05, 4.69) is 33.8 Å². The Kier molecular flexibility index (Phi) is 5.64. The molecule has 0 bridgehead atoms. The molecule has 6 nitrogen and oxygen atoms in total. The number of Topliss-reactive ketones (excluding diaryl/α,β-unsaturated/α-hetero) is 1. The van der Waals surface area contributed by atoms with Gasteiger partial charge in [0, 0.05) is 74.1 Å². The van der Waals surface area contributed by atoms with E-state index in [1.54, 1.807) is 23.3 Å².